The summed E-state index contributed by atoms with van der Waals surface area (Å²) in [6.45, 7) is 0.275. The van der Waals surface area contributed by atoms with E-state index in [4.69, 9.17) is 0 Å². The normalized spacial score (nSPS) is 29.3. The number of aryl methyl sites for hydroxylation is 2. The van der Waals surface area contributed by atoms with Crippen LogP contribution in [0.1, 0.15) is 51.4 Å². The molecule has 4 aliphatic carbocycles. The molecule has 0 saturated heterocycles. The first-order chi connectivity index (χ1) is 14.4. The first-order valence-electron chi connectivity index (χ1n) is 11.1. The van der Waals surface area contributed by atoms with Gasteiger partial charge in [0.25, 0.3) is 0 Å². The van der Waals surface area contributed by atoms with Crippen molar-refractivity contribution in [1.82, 2.24) is 20.0 Å². The summed E-state index contributed by atoms with van der Waals surface area (Å²) in [6.07, 6.45) is 8.21. The van der Waals surface area contributed by atoms with Crippen LogP contribution < -0.4 is 16.5 Å². The van der Waals surface area contributed by atoms with Gasteiger partial charge in [-0.2, -0.15) is 0 Å². The van der Waals surface area contributed by atoms with Crippen molar-refractivity contribution in [3.05, 3.63) is 34.7 Å². The number of carbonyl (C=O) groups excluding carboxylic acids is 2. The number of rotatable bonds is 5. The largest absolute Gasteiger partial charge is 0.328 e. The maximum absolute atomic E-state index is 12.6. The van der Waals surface area contributed by atoms with Crippen molar-refractivity contribution in [2.24, 2.45) is 30.2 Å². The highest BCUT2D eigenvalue weighted by atomic mass is 16.2. The van der Waals surface area contributed by atoms with E-state index in [0.717, 1.165) is 28.8 Å². The Bertz CT molecular complexity index is 1020. The van der Waals surface area contributed by atoms with Crippen LogP contribution in [0.5, 0.6) is 0 Å². The van der Waals surface area contributed by atoms with Gasteiger partial charge in [-0.05, 0) is 73.8 Å². The Balaban J connectivity index is 1.14. The molecule has 4 saturated carbocycles. The lowest BCUT2D eigenvalue weighted by atomic mass is 9.49. The summed E-state index contributed by atoms with van der Waals surface area (Å²) in [4.78, 5) is 37.3. The molecule has 0 spiro atoms. The number of hydrazine groups is 1. The number of nitrogens with one attached hydrogen (secondary N) is 2. The minimum absolute atomic E-state index is 0.0902. The minimum Gasteiger partial charge on any atom is -0.295 e. The van der Waals surface area contributed by atoms with Crippen molar-refractivity contribution in [3.63, 3.8) is 0 Å². The van der Waals surface area contributed by atoms with E-state index in [-0.39, 0.29) is 35.9 Å². The maximum Gasteiger partial charge on any atom is 0.328 e. The number of aromatic nitrogens is 2. The zero-order valence-corrected chi connectivity index (χ0v) is 17.5. The average Bonchev–Trinajstić information content (AvgIpc) is 2.94. The molecular formula is C23H30N4O3. The Morgan fingerprint density at radius 1 is 0.967 bits per heavy atom. The van der Waals surface area contributed by atoms with Gasteiger partial charge in [0, 0.05) is 26.4 Å². The topological polar surface area (TPSA) is 85.1 Å². The number of carbonyl (C=O) groups is 2. The van der Waals surface area contributed by atoms with Gasteiger partial charge in [-0.1, -0.05) is 12.1 Å². The fourth-order valence-corrected chi connectivity index (χ4v) is 6.89. The van der Waals surface area contributed by atoms with E-state index >= 15 is 0 Å². The zero-order valence-electron chi connectivity index (χ0n) is 17.5. The molecule has 7 heteroatoms. The van der Waals surface area contributed by atoms with Crippen molar-refractivity contribution >= 4 is 22.8 Å². The first kappa shape index (κ1) is 19.4. The second kappa shape index (κ2) is 7.29. The molecule has 4 bridgehead atoms. The number of nitrogens with zero attached hydrogens (tertiary/aromatic N) is 2. The quantitative estimate of drug-likeness (QED) is 0.743. The van der Waals surface area contributed by atoms with Crippen LogP contribution in [0.4, 0.5) is 0 Å². The molecule has 0 radical (unpaired) electrons. The summed E-state index contributed by atoms with van der Waals surface area (Å²) in [7, 11) is 1.73. The highest BCUT2D eigenvalue weighted by Gasteiger charge is 2.51. The van der Waals surface area contributed by atoms with Crippen molar-refractivity contribution in [2.45, 2.75) is 57.9 Å². The van der Waals surface area contributed by atoms with Crippen LogP contribution in [0.2, 0.25) is 0 Å². The van der Waals surface area contributed by atoms with Gasteiger partial charge in [-0.3, -0.25) is 29.6 Å². The van der Waals surface area contributed by atoms with Crippen LogP contribution in [0.3, 0.4) is 0 Å². The number of benzene rings is 1. The molecule has 1 aromatic heterocycles. The van der Waals surface area contributed by atoms with Crippen LogP contribution in [-0.4, -0.2) is 20.9 Å². The zero-order chi connectivity index (χ0) is 20.9. The minimum atomic E-state index is -0.284. The third-order valence-corrected chi connectivity index (χ3v) is 7.66. The van der Waals surface area contributed by atoms with Crippen LogP contribution in [0.15, 0.2) is 29.1 Å². The number of amides is 2. The molecule has 0 unspecified atom stereocenters. The third kappa shape index (κ3) is 3.44. The molecule has 0 atom stereocenters. The lowest BCUT2D eigenvalue weighted by molar-refractivity contribution is -0.134. The Morgan fingerprint density at radius 3 is 2.17 bits per heavy atom. The number of imidazole rings is 1. The number of para-hydroxylation sites is 2. The second-order valence-corrected chi connectivity index (χ2v) is 9.92. The monoisotopic (exact) mass is 410 g/mol. The highest BCUT2D eigenvalue weighted by molar-refractivity contribution is 5.82. The molecule has 30 heavy (non-hydrogen) atoms. The molecule has 6 rings (SSSR count). The third-order valence-electron chi connectivity index (χ3n) is 7.66. The fraction of sp³-hybridized carbons (Fsp3) is 0.609. The molecule has 2 amide bonds. The van der Waals surface area contributed by atoms with Gasteiger partial charge < -0.3 is 0 Å². The smallest absolute Gasteiger partial charge is 0.295 e. The van der Waals surface area contributed by atoms with Crippen molar-refractivity contribution in [2.75, 3.05) is 0 Å². The summed E-state index contributed by atoms with van der Waals surface area (Å²) in [5.41, 5.74) is 6.83. The summed E-state index contributed by atoms with van der Waals surface area (Å²) >= 11 is 0. The lowest BCUT2D eigenvalue weighted by Gasteiger charge is -2.56. The predicted molar refractivity (Wildman–Crippen MR) is 113 cm³/mol. The lowest BCUT2D eigenvalue weighted by Crippen LogP contribution is -2.50. The first-order valence-corrected chi connectivity index (χ1v) is 11.1. The summed E-state index contributed by atoms with van der Waals surface area (Å²) < 4.78 is 3.19. The molecule has 1 heterocycles. The molecule has 4 fully saturated rings. The summed E-state index contributed by atoms with van der Waals surface area (Å²) in [6, 6.07) is 7.53. The predicted octanol–water partition coefficient (Wildman–Crippen LogP) is 2.48. The van der Waals surface area contributed by atoms with E-state index in [1.807, 2.05) is 24.3 Å². The molecule has 7 nitrogen and oxygen atoms in total. The van der Waals surface area contributed by atoms with Gasteiger partial charge in [0.15, 0.2) is 0 Å². The van der Waals surface area contributed by atoms with Crippen LogP contribution in [-0.2, 0) is 23.2 Å². The molecule has 1 aromatic carbocycles. The average molecular weight is 411 g/mol. The second-order valence-electron chi connectivity index (χ2n) is 9.92. The molecular weight excluding hydrogens is 380 g/mol. The van der Waals surface area contributed by atoms with E-state index in [1.54, 1.807) is 16.2 Å². The number of hydrogen-bond acceptors (Lipinski definition) is 3. The molecule has 160 valence electrons. The standard InChI is InChI=1S/C23H30N4O3/c1-26-18-4-2-3-5-19(18)27(22(26)30)7-6-20(28)24-25-21(29)14-23-11-15-8-16(12-23)10-17(9-15)13-23/h2-5,15-17H,6-14H2,1H3,(H,24,28)(H,25,29). The van der Waals surface area contributed by atoms with Gasteiger partial charge in [-0.25, -0.2) is 4.79 Å². The number of fused-ring (bicyclic) bond motifs is 1. The van der Waals surface area contributed by atoms with Gasteiger partial charge in [0.1, 0.15) is 0 Å². The molecule has 2 aromatic rings. The highest BCUT2D eigenvalue weighted by Crippen LogP contribution is 2.61. The van der Waals surface area contributed by atoms with E-state index in [9.17, 15) is 14.4 Å². The van der Waals surface area contributed by atoms with Crippen molar-refractivity contribution in [1.29, 1.82) is 0 Å². The SMILES string of the molecule is Cn1c(=O)n(CCC(=O)NNC(=O)CC23CC4CC(CC(C4)C2)C3)c2ccccc21. The Hall–Kier alpha value is -2.57. The van der Waals surface area contributed by atoms with Crippen molar-refractivity contribution in [3.8, 4) is 0 Å². The Kier molecular flexibility index (Phi) is 4.71. The number of hydrogen-bond donors (Lipinski definition) is 2. The van der Waals surface area contributed by atoms with Crippen LogP contribution in [0.25, 0.3) is 11.0 Å². The van der Waals surface area contributed by atoms with Gasteiger partial charge in [-0.15, -0.1) is 0 Å². The van der Waals surface area contributed by atoms with Crippen LogP contribution in [0, 0.1) is 23.2 Å². The van der Waals surface area contributed by atoms with Crippen LogP contribution >= 0.6 is 0 Å². The van der Waals surface area contributed by atoms with Gasteiger partial charge in [0.05, 0.1) is 11.0 Å². The summed E-state index contributed by atoms with van der Waals surface area (Å²) in [5, 5.41) is 0. The fourth-order valence-electron chi connectivity index (χ4n) is 6.89. The molecule has 2 N–H and O–H groups in total. The molecule has 0 aliphatic heterocycles. The van der Waals surface area contributed by atoms with E-state index < -0.39 is 0 Å². The van der Waals surface area contributed by atoms with E-state index in [0.29, 0.717) is 6.42 Å². The van der Waals surface area contributed by atoms with Crippen molar-refractivity contribution < 1.29 is 9.59 Å². The Labute approximate surface area is 175 Å². The Morgan fingerprint density at radius 2 is 1.53 bits per heavy atom. The van der Waals surface area contributed by atoms with Gasteiger partial charge >= 0.3 is 5.69 Å². The maximum atomic E-state index is 12.6. The van der Waals surface area contributed by atoms with Gasteiger partial charge in [0.2, 0.25) is 11.8 Å². The molecule has 4 aliphatic rings. The van der Waals surface area contributed by atoms with E-state index in [2.05, 4.69) is 10.9 Å². The summed E-state index contributed by atoms with van der Waals surface area (Å²) in [5.74, 6) is 2.04. The van der Waals surface area contributed by atoms with E-state index in [1.165, 1.54) is 38.5 Å².